The molecular weight excluding hydrogens is 428 g/mol. The zero-order chi connectivity index (χ0) is 16.8. The van der Waals surface area contributed by atoms with E-state index < -0.39 is 11.8 Å². The van der Waals surface area contributed by atoms with Crippen LogP contribution in [0.3, 0.4) is 0 Å². The second kappa shape index (κ2) is 8.12. The maximum absolute atomic E-state index is 11.8. The highest BCUT2D eigenvalue weighted by atomic mass is 79.9. The minimum atomic E-state index is -0.446. The van der Waals surface area contributed by atoms with Crippen molar-refractivity contribution in [2.75, 3.05) is 6.61 Å². The first-order chi connectivity index (χ1) is 11.0. The molecule has 0 heterocycles. The number of carbonyl (C=O) groups is 2. The zero-order valence-corrected chi connectivity index (χ0v) is 15.4. The zero-order valence-electron chi connectivity index (χ0n) is 12.2. The summed E-state index contributed by atoms with van der Waals surface area (Å²) in [6.07, 6.45) is 0. The van der Waals surface area contributed by atoms with Crippen molar-refractivity contribution in [2.24, 2.45) is 0 Å². The summed E-state index contributed by atoms with van der Waals surface area (Å²) in [5, 5.41) is 0. The van der Waals surface area contributed by atoms with Gasteiger partial charge >= 0.3 is 0 Å². The third kappa shape index (κ3) is 5.37. The molecule has 0 saturated heterocycles. The molecule has 0 radical (unpaired) electrons. The second-order valence-electron chi connectivity index (χ2n) is 4.71. The third-order valence-electron chi connectivity index (χ3n) is 2.92. The van der Waals surface area contributed by atoms with Crippen LogP contribution in [0.15, 0.2) is 51.4 Å². The van der Waals surface area contributed by atoms with Crippen molar-refractivity contribution in [3.8, 4) is 5.75 Å². The van der Waals surface area contributed by atoms with Gasteiger partial charge in [-0.2, -0.15) is 0 Å². The molecule has 0 unspecified atom stereocenters. The molecule has 2 N–H and O–H groups in total. The van der Waals surface area contributed by atoms with E-state index in [0.29, 0.717) is 11.3 Å². The second-order valence-corrected chi connectivity index (χ2v) is 6.54. The van der Waals surface area contributed by atoms with Crippen LogP contribution in [0.1, 0.15) is 15.9 Å². The van der Waals surface area contributed by atoms with Gasteiger partial charge in [0.15, 0.2) is 6.61 Å². The number of aryl methyl sites for hydroxylation is 1. The Balaban J connectivity index is 1.81. The number of ether oxygens (including phenoxy) is 1. The number of benzene rings is 2. The summed E-state index contributed by atoms with van der Waals surface area (Å²) in [6.45, 7) is 1.69. The molecule has 0 aliphatic rings. The highest BCUT2D eigenvalue weighted by molar-refractivity contribution is 9.10. The Kier molecular flexibility index (Phi) is 6.18. The smallest absolute Gasteiger partial charge is 0.276 e. The highest BCUT2D eigenvalue weighted by Gasteiger charge is 2.08. The van der Waals surface area contributed by atoms with Crippen LogP contribution < -0.4 is 15.6 Å². The minimum Gasteiger partial charge on any atom is -0.483 e. The van der Waals surface area contributed by atoms with E-state index in [9.17, 15) is 9.59 Å². The van der Waals surface area contributed by atoms with Gasteiger partial charge in [-0.15, -0.1) is 0 Å². The molecule has 0 fully saturated rings. The van der Waals surface area contributed by atoms with Gasteiger partial charge in [0, 0.05) is 14.5 Å². The van der Waals surface area contributed by atoms with Gasteiger partial charge in [0.05, 0.1) is 0 Å². The van der Waals surface area contributed by atoms with E-state index in [1.165, 1.54) is 0 Å². The molecule has 2 aromatic rings. The molecule has 0 bridgehead atoms. The first-order valence-electron chi connectivity index (χ1n) is 6.69. The Bertz CT molecular complexity index is 718. The normalized spacial score (nSPS) is 10.0. The molecule has 2 amide bonds. The molecule has 23 heavy (non-hydrogen) atoms. The third-order valence-corrected chi connectivity index (χ3v) is 3.94. The topological polar surface area (TPSA) is 67.4 Å². The summed E-state index contributed by atoms with van der Waals surface area (Å²) in [5.41, 5.74) is 6.00. The van der Waals surface area contributed by atoms with E-state index in [4.69, 9.17) is 4.74 Å². The molecule has 0 aromatic heterocycles. The monoisotopic (exact) mass is 440 g/mol. The largest absolute Gasteiger partial charge is 0.483 e. The lowest BCUT2D eigenvalue weighted by molar-refractivity contribution is -0.123. The minimum absolute atomic E-state index is 0.191. The van der Waals surface area contributed by atoms with Crippen molar-refractivity contribution in [1.29, 1.82) is 0 Å². The Labute approximate surface area is 150 Å². The van der Waals surface area contributed by atoms with E-state index in [0.717, 1.165) is 14.5 Å². The van der Waals surface area contributed by atoms with E-state index in [-0.39, 0.29) is 6.61 Å². The Hall–Kier alpha value is -1.86. The molecular formula is C16H14Br2N2O3. The molecule has 0 aliphatic heterocycles. The summed E-state index contributed by atoms with van der Waals surface area (Å²) < 4.78 is 7.23. The van der Waals surface area contributed by atoms with Gasteiger partial charge in [0.25, 0.3) is 11.8 Å². The number of hydrazine groups is 1. The van der Waals surface area contributed by atoms with E-state index in [2.05, 4.69) is 42.7 Å². The van der Waals surface area contributed by atoms with Crippen molar-refractivity contribution in [2.45, 2.75) is 6.92 Å². The van der Waals surface area contributed by atoms with Crippen LogP contribution in [0, 0.1) is 6.92 Å². The van der Waals surface area contributed by atoms with Crippen LogP contribution in [-0.4, -0.2) is 18.4 Å². The Morgan fingerprint density at radius 3 is 2.30 bits per heavy atom. The van der Waals surface area contributed by atoms with Gasteiger partial charge in [-0.05, 0) is 55.0 Å². The number of rotatable bonds is 4. The molecule has 2 rings (SSSR count). The summed E-state index contributed by atoms with van der Waals surface area (Å²) >= 11 is 6.65. The fraction of sp³-hybridized carbons (Fsp3) is 0.125. The summed E-state index contributed by atoms with van der Waals surface area (Å²) in [7, 11) is 0. The van der Waals surface area contributed by atoms with Crippen LogP contribution in [0.4, 0.5) is 0 Å². The fourth-order valence-electron chi connectivity index (χ4n) is 1.75. The quantitative estimate of drug-likeness (QED) is 0.715. The first kappa shape index (κ1) is 17.5. The number of carbonyl (C=O) groups excluding carboxylic acids is 2. The molecule has 120 valence electrons. The van der Waals surface area contributed by atoms with Gasteiger partial charge in [0.1, 0.15) is 5.75 Å². The molecule has 0 spiro atoms. The number of amides is 2. The van der Waals surface area contributed by atoms with Crippen molar-refractivity contribution in [3.63, 3.8) is 0 Å². The molecule has 2 aromatic carbocycles. The van der Waals surface area contributed by atoms with Crippen LogP contribution in [0.5, 0.6) is 5.75 Å². The Morgan fingerprint density at radius 1 is 1.00 bits per heavy atom. The van der Waals surface area contributed by atoms with Gasteiger partial charge in [-0.25, -0.2) is 0 Å². The number of hydrogen-bond donors (Lipinski definition) is 2. The summed E-state index contributed by atoms with van der Waals surface area (Å²) in [6, 6.07) is 12.3. The van der Waals surface area contributed by atoms with E-state index in [1.54, 1.807) is 30.3 Å². The van der Waals surface area contributed by atoms with Crippen LogP contribution in [0.2, 0.25) is 0 Å². The average molecular weight is 442 g/mol. The molecule has 7 heteroatoms. The molecule has 0 aliphatic carbocycles. The summed E-state index contributed by atoms with van der Waals surface area (Å²) in [5.74, 6) is -0.231. The standard InChI is InChI=1S/C16H14Br2N2O3/c1-10-8-13(18)6-7-14(10)23-9-15(21)19-20-16(22)11-2-4-12(17)5-3-11/h2-8H,9H2,1H3,(H,19,21)(H,20,22). The lowest BCUT2D eigenvalue weighted by atomic mass is 10.2. The van der Waals surface area contributed by atoms with Crippen molar-refractivity contribution >= 4 is 43.7 Å². The lowest BCUT2D eigenvalue weighted by Gasteiger charge is -2.10. The lowest BCUT2D eigenvalue weighted by Crippen LogP contribution is -2.43. The van der Waals surface area contributed by atoms with Gasteiger partial charge in [-0.1, -0.05) is 31.9 Å². The first-order valence-corrected chi connectivity index (χ1v) is 8.28. The van der Waals surface area contributed by atoms with Crippen LogP contribution in [-0.2, 0) is 4.79 Å². The van der Waals surface area contributed by atoms with Crippen molar-refractivity contribution < 1.29 is 14.3 Å². The summed E-state index contributed by atoms with van der Waals surface area (Å²) in [4.78, 5) is 23.6. The van der Waals surface area contributed by atoms with Gasteiger partial charge in [0.2, 0.25) is 0 Å². The predicted octanol–water partition coefficient (Wildman–Crippen LogP) is 3.36. The average Bonchev–Trinajstić information content (AvgIpc) is 2.52. The van der Waals surface area contributed by atoms with Crippen molar-refractivity contribution in [3.05, 3.63) is 62.5 Å². The van der Waals surface area contributed by atoms with Crippen LogP contribution in [0.25, 0.3) is 0 Å². The SMILES string of the molecule is Cc1cc(Br)ccc1OCC(=O)NNC(=O)c1ccc(Br)cc1. The van der Waals surface area contributed by atoms with Gasteiger partial charge in [-0.3, -0.25) is 20.4 Å². The van der Waals surface area contributed by atoms with Crippen molar-refractivity contribution in [1.82, 2.24) is 10.9 Å². The van der Waals surface area contributed by atoms with E-state index in [1.807, 2.05) is 19.1 Å². The maximum atomic E-state index is 11.8. The predicted molar refractivity (Wildman–Crippen MR) is 94.1 cm³/mol. The number of nitrogens with one attached hydrogen (secondary N) is 2. The van der Waals surface area contributed by atoms with Crippen LogP contribution >= 0.6 is 31.9 Å². The Morgan fingerprint density at radius 2 is 1.65 bits per heavy atom. The molecule has 0 atom stereocenters. The maximum Gasteiger partial charge on any atom is 0.276 e. The van der Waals surface area contributed by atoms with E-state index >= 15 is 0 Å². The fourth-order valence-corrected chi connectivity index (χ4v) is 2.49. The highest BCUT2D eigenvalue weighted by Crippen LogP contribution is 2.21. The molecule has 0 saturated carbocycles. The number of halogens is 2. The van der Waals surface area contributed by atoms with Gasteiger partial charge < -0.3 is 4.74 Å². The number of hydrogen-bond acceptors (Lipinski definition) is 3. The molecule has 5 nitrogen and oxygen atoms in total.